The van der Waals surface area contributed by atoms with E-state index >= 15 is 0 Å². The zero-order valence-electron chi connectivity index (χ0n) is 5.07. The van der Waals surface area contributed by atoms with Crippen molar-refractivity contribution in [1.82, 2.24) is 0 Å². The molecule has 0 spiro atoms. The van der Waals surface area contributed by atoms with Gasteiger partial charge < -0.3 is 0 Å². The molecule has 0 unspecified atom stereocenters. The molecular formula is C7H5Br3. The quantitative estimate of drug-likeness (QED) is 0.681. The van der Waals surface area contributed by atoms with Crippen molar-refractivity contribution in [3.8, 4) is 0 Å². The van der Waals surface area contributed by atoms with Gasteiger partial charge in [-0.15, -0.1) is 0 Å². The summed E-state index contributed by atoms with van der Waals surface area (Å²) >= 11 is 10.2. The van der Waals surface area contributed by atoms with Crippen LogP contribution in [0.2, 0.25) is 0 Å². The number of hydrogen-bond acceptors (Lipinski definition) is 0. The summed E-state index contributed by atoms with van der Waals surface area (Å²) in [5.41, 5.74) is 1.26. The van der Waals surface area contributed by atoms with Crippen molar-refractivity contribution < 1.29 is 0 Å². The van der Waals surface area contributed by atoms with Gasteiger partial charge in [-0.3, -0.25) is 0 Å². The number of hydrogen-bond donors (Lipinski definition) is 0. The Morgan fingerprint density at radius 2 is 1.90 bits per heavy atom. The van der Waals surface area contributed by atoms with Gasteiger partial charge in [-0.2, -0.15) is 0 Å². The first-order chi connectivity index (χ1) is 4.74. The Bertz CT molecular complexity index is 232. The fourth-order valence-electron chi connectivity index (χ4n) is 0.646. The van der Waals surface area contributed by atoms with Gasteiger partial charge in [0.25, 0.3) is 0 Å². The summed E-state index contributed by atoms with van der Waals surface area (Å²) in [6.45, 7) is 0. The molecule has 3 heteroatoms. The van der Waals surface area contributed by atoms with Crippen molar-refractivity contribution in [3.63, 3.8) is 0 Å². The standard InChI is InChI=1S/C7H5Br3/c8-4-5-3-6(9)1-2-7(5)10/h1-3H,4H2. The number of rotatable bonds is 1. The van der Waals surface area contributed by atoms with Crippen molar-refractivity contribution in [1.29, 1.82) is 0 Å². The lowest BCUT2D eigenvalue weighted by Gasteiger charge is -1.98. The van der Waals surface area contributed by atoms with Crippen LogP contribution in [0, 0.1) is 0 Å². The van der Waals surface area contributed by atoms with Gasteiger partial charge >= 0.3 is 0 Å². The van der Waals surface area contributed by atoms with Crippen LogP contribution < -0.4 is 0 Å². The molecule has 1 aromatic rings. The average molecular weight is 329 g/mol. The van der Waals surface area contributed by atoms with Crippen LogP contribution in [0.15, 0.2) is 27.1 Å². The maximum Gasteiger partial charge on any atom is 0.0294 e. The third kappa shape index (κ3) is 2.07. The topological polar surface area (TPSA) is 0 Å². The molecule has 0 aromatic heterocycles. The lowest BCUT2D eigenvalue weighted by Crippen LogP contribution is -1.78. The molecule has 0 atom stereocenters. The smallest absolute Gasteiger partial charge is 0.0294 e. The van der Waals surface area contributed by atoms with Crippen LogP contribution in [0.5, 0.6) is 0 Å². The summed E-state index contributed by atoms with van der Waals surface area (Å²) in [7, 11) is 0. The summed E-state index contributed by atoms with van der Waals surface area (Å²) in [4.78, 5) is 0. The maximum absolute atomic E-state index is 3.44. The molecule has 0 heterocycles. The summed E-state index contributed by atoms with van der Waals surface area (Å²) in [5, 5.41) is 0.882. The molecule has 54 valence electrons. The molecule has 10 heavy (non-hydrogen) atoms. The maximum atomic E-state index is 3.44. The molecule has 0 fully saturated rings. The van der Waals surface area contributed by atoms with E-state index in [0.717, 1.165) is 14.3 Å². The van der Waals surface area contributed by atoms with Crippen molar-refractivity contribution in [2.75, 3.05) is 0 Å². The molecule has 0 nitrogen and oxygen atoms in total. The van der Waals surface area contributed by atoms with Crippen molar-refractivity contribution in [3.05, 3.63) is 32.7 Å². The van der Waals surface area contributed by atoms with Gasteiger partial charge in [0.05, 0.1) is 0 Å². The van der Waals surface area contributed by atoms with E-state index in [9.17, 15) is 0 Å². The van der Waals surface area contributed by atoms with Crippen molar-refractivity contribution >= 4 is 47.8 Å². The lowest BCUT2D eigenvalue weighted by molar-refractivity contribution is 1.38. The van der Waals surface area contributed by atoms with Crippen LogP contribution in [0.1, 0.15) is 5.56 Å². The number of halogens is 3. The highest BCUT2D eigenvalue weighted by molar-refractivity contribution is 9.11. The molecule has 0 saturated carbocycles. The van der Waals surface area contributed by atoms with E-state index in [4.69, 9.17) is 0 Å². The van der Waals surface area contributed by atoms with Crippen molar-refractivity contribution in [2.24, 2.45) is 0 Å². The van der Waals surface area contributed by atoms with Gasteiger partial charge in [0.2, 0.25) is 0 Å². The van der Waals surface area contributed by atoms with Gasteiger partial charge in [-0.25, -0.2) is 0 Å². The van der Waals surface area contributed by atoms with Gasteiger partial charge in [0.15, 0.2) is 0 Å². The minimum Gasteiger partial charge on any atom is -0.0876 e. The summed E-state index contributed by atoms with van der Waals surface area (Å²) in [5.74, 6) is 0. The average Bonchev–Trinajstić information content (AvgIpc) is 1.94. The van der Waals surface area contributed by atoms with Crippen LogP contribution in [0.3, 0.4) is 0 Å². The first-order valence-corrected chi connectivity index (χ1v) is 5.44. The van der Waals surface area contributed by atoms with Crippen LogP contribution in [0.4, 0.5) is 0 Å². The van der Waals surface area contributed by atoms with E-state index in [1.807, 2.05) is 12.1 Å². The summed E-state index contributed by atoms with van der Waals surface area (Å²) in [6, 6.07) is 6.12. The van der Waals surface area contributed by atoms with Gasteiger partial charge in [-0.05, 0) is 23.8 Å². The zero-order chi connectivity index (χ0) is 7.56. The monoisotopic (exact) mass is 326 g/mol. The summed E-state index contributed by atoms with van der Waals surface area (Å²) < 4.78 is 2.26. The molecule has 1 rings (SSSR count). The normalized spacial score (nSPS) is 9.90. The molecule has 0 radical (unpaired) electrons. The van der Waals surface area contributed by atoms with E-state index in [-0.39, 0.29) is 0 Å². The summed E-state index contributed by atoms with van der Waals surface area (Å²) in [6.07, 6.45) is 0. The largest absolute Gasteiger partial charge is 0.0876 e. The number of benzene rings is 1. The van der Waals surface area contributed by atoms with E-state index in [0.29, 0.717) is 0 Å². The first-order valence-electron chi connectivity index (χ1n) is 2.74. The molecule has 0 amide bonds. The van der Waals surface area contributed by atoms with E-state index in [2.05, 4.69) is 53.9 Å². The highest BCUT2D eigenvalue weighted by atomic mass is 79.9. The van der Waals surface area contributed by atoms with Crippen LogP contribution in [-0.4, -0.2) is 0 Å². The molecule has 0 aliphatic carbocycles. The van der Waals surface area contributed by atoms with Crippen LogP contribution in [-0.2, 0) is 5.33 Å². The van der Waals surface area contributed by atoms with Gasteiger partial charge in [0, 0.05) is 14.3 Å². The Balaban J connectivity index is 3.09. The highest BCUT2D eigenvalue weighted by Crippen LogP contribution is 2.23. The molecular weight excluding hydrogens is 324 g/mol. The third-order valence-electron chi connectivity index (χ3n) is 1.15. The van der Waals surface area contributed by atoms with Gasteiger partial charge in [-0.1, -0.05) is 47.8 Å². The Morgan fingerprint density at radius 3 is 2.40 bits per heavy atom. The minimum atomic E-state index is 0.882. The highest BCUT2D eigenvalue weighted by Gasteiger charge is 1.96. The fraction of sp³-hybridized carbons (Fsp3) is 0.143. The van der Waals surface area contributed by atoms with E-state index in [1.54, 1.807) is 0 Å². The second kappa shape index (κ2) is 3.88. The predicted molar refractivity (Wildman–Crippen MR) is 54.5 cm³/mol. The van der Waals surface area contributed by atoms with Gasteiger partial charge in [0.1, 0.15) is 0 Å². The fourth-order valence-corrected chi connectivity index (χ4v) is 2.28. The molecule has 0 bridgehead atoms. The number of alkyl halides is 1. The SMILES string of the molecule is BrCc1cc(Br)ccc1Br. The third-order valence-corrected chi connectivity index (χ3v) is 3.02. The molecule has 0 aliphatic rings. The Morgan fingerprint density at radius 1 is 1.20 bits per heavy atom. The minimum absolute atomic E-state index is 0.882. The molecule has 1 aromatic carbocycles. The molecule has 0 aliphatic heterocycles. The Kier molecular flexibility index (Phi) is 3.40. The van der Waals surface area contributed by atoms with E-state index in [1.165, 1.54) is 5.56 Å². The van der Waals surface area contributed by atoms with Crippen LogP contribution >= 0.6 is 47.8 Å². The first kappa shape index (κ1) is 8.75. The van der Waals surface area contributed by atoms with E-state index < -0.39 is 0 Å². The second-order valence-corrected chi connectivity index (χ2v) is 4.20. The lowest BCUT2D eigenvalue weighted by atomic mass is 10.2. The zero-order valence-corrected chi connectivity index (χ0v) is 9.83. The van der Waals surface area contributed by atoms with Crippen molar-refractivity contribution in [2.45, 2.75) is 5.33 Å². The Labute approximate surface area is 85.4 Å². The Hall–Kier alpha value is 0.660. The molecule has 0 N–H and O–H groups in total. The molecule has 0 saturated heterocycles. The second-order valence-electron chi connectivity index (χ2n) is 1.87. The van der Waals surface area contributed by atoms with Crippen LogP contribution in [0.25, 0.3) is 0 Å². The predicted octanol–water partition coefficient (Wildman–Crippen LogP) is 4.11.